The molecule has 0 unspecified atom stereocenters. The molecule has 1 heterocycles. The minimum absolute atomic E-state index is 0.786. The van der Waals surface area contributed by atoms with Gasteiger partial charge in [0.05, 0.1) is 19.6 Å². The van der Waals surface area contributed by atoms with Crippen molar-refractivity contribution in [2.75, 3.05) is 13.7 Å². The minimum atomic E-state index is 0.786. The lowest BCUT2D eigenvalue weighted by Gasteiger charge is -2.00. The molecule has 0 radical (unpaired) electrons. The molecule has 1 aromatic heterocycles. The maximum atomic E-state index is 5.06. The van der Waals surface area contributed by atoms with Gasteiger partial charge in [-0.05, 0) is 12.8 Å². The summed E-state index contributed by atoms with van der Waals surface area (Å²) >= 11 is 0. The van der Waals surface area contributed by atoms with Crippen molar-refractivity contribution in [3.63, 3.8) is 0 Å². The summed E-state index contributed by atoms with van der Waals surface area (Å²) in [6, 6.07) is 0. The monoisotopic (exact) mass is 197 g/mol. The highest BCUT2D eigenvalue weighted by Gasteiger charge is 2.08. The van der Waals surface area contributed by atoms with Crippen molar-refractivity contribution in [3.05, 3.63) is 18.2 Å². The molecule has 0 bridgehead atoms. The molecular weight excluding hydrogens is 176 g/mol. The lowest BCUT2D eigenvalue weighted by atomic mass is 10.2. The smallest absolute Gasteiger partial charge is 0.256 e. The molecule has 3 heteroatoms. The molecule has 0 saturated carbocycles. The van der Waals surface area contributed by atoms with Crippen LogP contribution in [0, 0.1) is 0 Å². The molecule has 3 nitrogen and oxygen atoms in total. The number of methoxy groups -OCH3 is 1. The van der Waals surface area contributed by atoms with E-state index in [0.717, 1.165) is 19.6 Å². The van der Waals surface area contributed by atoms with E-state index in [9.17, 15) is 0 Å². The maximum Gasteiger partial charge on any atom is 0.256 e. The number of H-pyrrole nitrogens is 1. The zero-order valence-corrected chi connectivity index (χ0v) is 9.25. The Morgan fingerprint density at radius 2 is 2.29 bits per heavy atom. The Kier molecular flexibility index (Phi) is 5.30. The van der Waals surface area contributed by atoms with E-state index >= 15 is 0 Å². The van der Waals surface area contributed by atoms with Crippen LogP contribution in [0.5, 0.6) is 0 Å². The molecule has 1 aromatic rings. The Balaban J connectivity index is 2.37. The van der Waals surface area contributed by atoms with E-state index < -0.39 is 0 Å². The number of unbranched alkanes of at least 4 members (excludes halogenated alkanes) is 2. The predicted molar refractivity (Wildman–Crippen MR) is 56.1 cm³/mol. The van der Waals surface area contributed by atoms with Crippen LogP contribution in [0.15, 0.2) is 12.4 Å². The highest BCUT2D eigenvalue weighted by Crippen LogP contribution is 1.95. The number of hydrogen-bond acceptors (Lipinski definition) is 1. The van der Waals surface area contributed by atoms with Crippen molar-refractivity contribution < 1.29 is 9.30 Å². The van der Waals surface area contributed by atoms with Gasteiger partial charge in [0.15, 0.2) is 0 Å². The number of hydrogen-bond donors (Lipinski definition) is 1. The second-order valence-electron chi connectivity index (χ2n) is 3.55. The van der Waals surface area contributed by atoms with Gasteiger partial charge in [-0.2, -0.15) is 0 Å². The van der Waals surface area contributed by atoms with Crippen LogP contribution in [-0.4, -0.2) is 18.7 Å². The Hall–Kier alpha value is -0.830. The van der Waals surface area contributed by atoms with Crippen molar-refractivity contribution in [1.82, 2.24) is 4.98 Å². The molecule has 0 spiro atoms. The van der Waals surface area contributed by atoms with E-state index in [1.807, 2.05) is 6.20 Å². The molecule has 14 heavy (non-hydrogen) atoms. The Morgan fingerprint density at radius 1 is 1.43 bits per heavy atom. The summed E-state index contributed by atoms with van der Waals surface area (Å²) < 4.78 is 7.35. The SMILES string of the molecule is CCCCC[n+]1cc[nH]c1CCOC. The summed E-state index contributed by atoms with van der Waals surface area (Å²) in [5.41, 5.74) is 0. The van der Waals surface area contributed by atoms with Crippen LogP contribution in [0.25, 0.3) is 0 Å². The molecule has 1 N–H and O–H groups in total. The third-order valence-corrected chi connectivity index (χ3v) is 2.40. The van der Waals surface area contributed by atoms with E-state index in [0.29, 0.717) is 0 Å². The number of aromatic amines is 1. The van der Waals surface area contributed by atoms with Gasteiger partial charge in [-0.25, -0.2) is 9.55 Å². The number of aromatic nitrogens is 2. The summed E-state index contributed by atoms with van der Waals surface area (Å²) in [6.45, 7) is 4.14. The zero-order valence-electron chi connectivity index (χ0n) is 9.25. The second-order valence-corrected chi connectivity index (χ2v) is 3.55. The fourth-order valence-corrected chi connectivity index (χ4v) is 1.55. The molecule has 0 aliphatic carbocycles. The molecular formula is C11H21N2O+. The van der Waals surface area contributed by atoms with Gasteiger partial charge in [0.2, 0.25) is 0 Å². The van der Waals surface area contributed by atoms with Crippen LogP contribution in [0.1, 0.15) is 32.0 Å². The first kappa shape index (κ1) is 11.2. The third kappa shape index (κ3) is 3.50. The lowest BCUT2D eigenvalue weighted by molar-refractivity contribution is -0.703. The first-order chi connectivity index (χ1) is 6.88. The highest BCUT2D eigenvalue weighted by molar-refractivity contribution is 4.77. The molecule has 80 valence electrons. The Labute approximate surface area is 86.1 Å². The quantitative estimate of drug-likeness (QED) is 0.523. The fourth-order valence-electron chi connectivity index (χ4n) is 1.55. The summed E-state index contributed by atoms with van der Waals surface area (Å²) in [4.78, 5) is 3.25. The van der Waals surface area contributed by atoms with Crippen LogP contribution in [0.3, 0.4) is 0 Å². The summed E-state index contributed by atoms with van der Waals surface area (Å²) in [5, 5.41) is 0. The van der Waals surface area contributed by atoms with Crippen molar-refractivity contribution >= 4 is 0 Å². The summed E-state index contributed by atoms with van der Waals surface area (Å²) in [5.74, 6) is 1.27. The van der Waals surface area contributed by atoms with Gasteiger partial charge in [0.1, 0.15) is 12.4 Å². The number of nitrogens with one attached hydrogen (secondary N) is 1. The topological polar surface area (TPSA) is 28.9 Å². The highest BCUT2D eigenvalue weighted by atomic mass is 16.5. The third-order valence-electron chi connectivity index (χ3n) is 2.40. The van der Waals surface area contributed by atoms with E-state index in [2.05, 4.69) is 22.7 Å². The molecule has 0 aliphatic rings. The van der Waals surface area contributed by atoms with Gasteiger partial charge < -0.3 is 4.74 Å². The van der Waals surface area contributed by atoms with Gasteiger partial charge in [-0.15, -0.1) is 0 Å². The maximum absolute atomic E-state index is 5.06. The van der Waals surface area contributed by atoms with Crippen molar-refractivity contribution in [2.24, 2.45) is 0 Å². The summed E-state index contributed by atoms with van der Waals surface area (Å²) in [7, 11) is 1.74. The molecule has 1 rings (SSSR count). The van der Waals surface area contributed by atoms with E-state index in [4.69, 9.17) is 4.74 Å². The van der Waals surface area contributed by atoms with Crippen LogP contribution in [0.2, 0.25) is 0 Å². The predicted octanol–water partition coefficient (Wildman–Crippen LogP) is 1.68. The Bertz CT molecular complexity index is 245. The van der Waals surface area contributed by atoms with Gasteiger partial charge in [0, 0.05) is 7.11 Å². The van der Waals surface area contributed by atoms with E-state index in [-0.39, 0.29) is 0 Å². The van der Waals surface area contributed by atoms with E-state index in [1.54, 1.807) is 7.11 Å². The molecule has 0 saturated heterocycles. The van der Waals surface area contributed by atoms with Crippen molar-refractivity contribution in [3.8, 4) is 0 Å². The van der Waals surface area contributed by atoms with Crippen LogP contribution in [-0.2, 0) is 17.7 Å². The normalized spacial score (nSPS) is 10.7. The average molecular weight is 197 g/mol. The van der Waals surface area contributed by atoms with E-state index in [1.165, 1.54) is 25.1 Å². The average Bonchev–Trinajstić information content (AvgIpc) is 2.63. The fraction of sp³-hybridized carbons (Fsp3) is 0.727. The molecule has 0 aromatic carbocycles. The number of imidazole rings is 1. The van der Waals surface area contributed by atoms with Gasteiger partial charge in [-0.1, -0.05) is 13.3 Å². The Morgan fingerprint density at radius 3 is 3.00 bits per heavy atom. The van der Waals surface area contributed by atoms with Crippen molar-refractivity contribution in [2.45, 2.75) is 39.2 Å². The minimum Gasteiger partial charge on any atom is -0.384 e. The number of rotatable bonds is 7. The number of ether oxygens (including phenoxy) is 1. The molecule has 0 amide bonds. The lowest BCUT2D eigenvalue weighted by Crippen LogP contribution is -2.36. The van der Waals surface area contributed by atoms with Gasteiger partial charge >= 0.3 is 0 Å². The molecule has 0 aliphatic heterocycles. The standard InChI is InChI=1S/C11H20N2O/c1-3-4-5-8-13-9-7-12-11(13)6-10-14-2/h7,9H,3-6,8,10H2,1-2H3/p+1. The van der Waals surface area contributed by atoms with Gasteiger partial charge in [-0.3, -0.25) is 0 Å². The summed E-state index contributed by atoms with van der Waals surface area (Å²) in [6.07, 6.45) is 8.92. The number of nitrogens with zero attached hydrogens (tertiary/aromatic N) is 1. The molecule has 0 fully saturated rings. The molecule has 0 atom stereocenters. The van der Waals surface area contributed by atoms with Crippen LogP contribution < -0.4 is 4.57 Å². The second kappa shape index (κ2) is 6.60. The number of aryl methyl sites for hydroxylation is 1. The van der Waals surface area contributed by atoms with Crippen molar-refractivity contribution in [1.29, 1.82) is 0 Å². The largest absolute Gasteiger partial charge is 0.384 e. The first-order valence-corrected chi connectivity index (χ1v) is 5.43. The van der Waals surface area contributed by atoms with Crippen LogP contribution in [0.4, 0.5) is 0 Å². The van der Waals surface area contributed by atoms with Gasteiger partial charge in [0.25, 0.3) is 5.82 Å². The first-order valence-electron chi connectivity index (χ1n) is 5.43. The zero-order chi connectivity index (χ0) is 10.2. The van der Waals surface area contributed by atoms with Crippen LogP contribution >= 0.6 is 0 Å².